The Hall–Kier alpha value is -1.17. The minimum atomic E-state index is -3.85. The molecule has 0 aliphatic carbocycles. The van der Waals surface area contributed by atoms with Gasteiger partial charge in [0.25, 0.3) is 0 Å². The molecule has 0 aliphatic rings. The Bertz CT molecular complexity index is 598. The van der Waals surface area contributed by atoms with Gasteiger partial charge in [-0.05, 0) is 24.6 Å². The maximum absolute atomic E-state index is 12.1. The highest BCUT2D eigenvalue weighted by Gasteiger charge is 2.19. The lowest BCUT2D eigenvalue weighted by Gasteiger charge is -2.11. The van der Waals surface area contributed by atoms with Crippen molar-refractivity contribution in [2.45, 2.75) is 17.4 Å². The van der Waals surface area contributed by atoms with Gasteiger partial charge in [0.15, 0.2) is 0 Å². The predicted octanol–water partition coefficient (Wildman–Crippen LogP) is 0.887. The number of ether oxygens (including phenoxy) is 1. The van der Waals surface area contributed by atoms with Gasteiger partial charge in [-0.3, -0.25) is 0 Å². The second-order valence-corrected chi connectivity index (χ2v) is 6.22. The van der Waals surface area contributed by atoms with Gasteiger partial charge in [-0.15, -0.1) is 0 Å². The Morgan fingerprint density at radius 3 is 2.85 bits per heavy atom. The van der Waals surface area contributed by atoms with E-state index in [9.17, 15) is 13.5 Å². The quantitative estimate of drug-likeness (QED) is 0.777. The molecule has 0 amide bonds. The first-order chi connectivity index (χ1) is 9.40. The van der Waals surface area contributed by atoms with Gasteiger partial charge in [0.1, 0.15) is 11.0 Å². The number of halogens is 1. The Labute approximate surface area is 123 Å². The van der Waals surface area contributed by atoms with Crippen LogP contribution in [0.5, 0.6) is 0 Å². The number of hydrogen-bond acceptors (Lipinski definition) is 5. The van der Waals surface area contributed by atoms with Crippen molar-refractivity contribution in [1.82, 2.24) is 4.72 Å². The zero-order valence-electron chi connectivity index (χ0n) is 10.8. The van der Waals surface area contributed by atoms with Crippen LogP contribution in [0.25, 0.3) is 0 Å². The second-order valence-electron chi connectivity index (χ2n) is 4.05. The van der Waals surface area contributed by atoms with Gasteiger partial charge in [-0.1, -0.05) is 11.6 Å². The zero-order chi connectivity index (χ0) is 15.2. The van der Waals surface area contributed by atoms with Gasteiger partial charge < -0.3 is 9.84 Å². The number of aliphatic hydroxyl groups excluding tert-OH is 1. The van der Waals surface area contributed by atoms with E-state index in [4.69, 9.17) is 21.6 Å². The van der Waals surface area contributed by atoms with E-state index in [-0.39, 0.29) is 35.1 Å². The number of hydrogen-bond donors (Lipinski definition) is 2. The number of rotatable bonds is 7. The van der Waals surface area contributed by atoms with E-state index in [0.29, 0.717) is 0 Å². The van der Waals surface area contributed by atoms with Crippen LogP contribution in [0.3, 0.4) is 0 Å². The molecule has 0 heterocycles. The average Bonchev–Trinajstić information content (AvgIpc) is 2.38. The molecule has 6 nitrogen and oxygen atoms in total. The number of nitriles is 1. The summed E-state index contributed by atoms with van der Waals surface area (Å²) in [6, 6.07) is 5.81. The minimum absolute atomic E-state index is 0.0133. The van der Waals surface area contributed by atoms with Gasteiger partial charge in [-0.25, -0.2) is 13.1 Å². The van der Waals surface area contributed by atoms with Gasteiger partial charge in [0.2, 0.25) is 10.0 Å². The molecular weight excluding hydrogens is 304 g/mol. The van der Waals surface area contributed by atoms with Gasteiger partial charge in [-0.2, -0.15) is 5.26 Å². The van der Waals surface area contributed by atoms with Crippen LogP contribution in [0.15, 0.2) is 23.1 Å². The van der Waals surface area contributed by atoms with Crippen molar-refractivity contribution in [3.05, 3.63) is 28.8 Å². The summed E-state index contributed by atoms with van der Waals surface area (Å²) in [4.78, 5) is -0.172. The largest absolute Gasteiger partial charge is 0.391 e. The average molecular weight is 319 g/mol. The van der Waals surface area contributed by atoms with Gasteiger partial charge in [0.05, 0.1) is 18.3 Å². The minimum Gasteiger partial charge on any atom is -0.391 e. The maximum Gasteiger partial charge on any atom is 0.241 e. The summed E-state index contributed by atoms with van der Waals surface area (Å²) in [7, 11) is -2.40. The third-order valence-electron chi connectivity index (χ3n) is 2.48. The predicted molar refractivity (Wildman–Crippen MR) is 73.9 cm³/mol. The highest BCUT2D eigenvalue weighted by Crippen LogP contribution is 2.20. The molecule has 0 fully saturated rings. The van der Waals surface area contributed by atoms with E-state index < -0.39 is 16.1 Å². The molecule has 0 spiro atoms. The number of benzene rings is 1. The van der Waals surface area contributed by atoms with Crippen molar-refractivity contribution in [2.75, 3.05) is 20.3 Å². The van der Waals surface area contributed by atoms with Crippen LogP contribution in [-0.4, -0.2) is 39.9 Å². The van der Waals surface area contributed by atoms with Crippen molar-refractivity contribution in [2.24, 2.45) is 0 Å². The molecule has 0 bridgehead atoms. The number of aliphatic hydroxyl groups is 1. The van der Waals surface area contributed by atoms with E-state index in [0.717, 1.165) is 0 Å². The molecule has 1 unspecified atom stereocenters. The maximum atomic E-state index is 12.1. The summed E-state index contributed by atoms with van der Waals surface area (Å²) < 4.78 is 31.2. The first-order valence-electron chi connectivity index (χ1n) is 5.77. The van der Waals surface area contributed by atoms with Crippen molar-refractivity contribution in [3.8, 4) is 6.07 Å². The number of sulfonamides is 1. The molecule has 20 heavy (non-hydrogen) atoms. The summed E-state index contributed by atoms with van der Waals surface area (Å²) in [6.45, 7) is 0.159. The first-order valence-corrected chi connectivity index (χ1v) is 7.63. The topological polar surface area (TPSA) is 99.4 Å². The van der Waals surface area contributed by atoms with E-state index in [1.165, 1.54) is 25.3 Å². The van der Waals surface area contributed by atoms with Crippen LogP contribution in [0, 0.1) is 11.3 Å². The Balaban J connectivity index is 2.80. The first kappa shape index (κ1) is 16.9. The van der Waals surface area contributed by atoms with Crippen molar-refractivity contribution in [3.63, 3.8) is 0 Å². The van der Waals surface area contributed by atoms with Crippen LogP contribution in [0.2, 0.25) is 5.02 Å². The normalized spacial score (nSPS) is 12.9. The lowest BCUT2D eigenvalue weighted by Crippen LogP contribution is -2.29. The van der Waals surface area contributed by atoms with Gasteiger partial charge in [0, 0.05) is 18.7 Å². The molecule has 0 aromatic heterocycles. The smallest absolute Gasteiger partial charge is 0.241 e. The molecule has 8 heteroatoms. The molecule has 0 aliphatic heterocycles. The number of methoxy groups -OCH3 is 1. The molecular formula is C12H15ClN2O4S. The lowest BCUT2D eigenvalue weighted by atomic mass is 10.2. The van der Waals surface area contributed by atoms with Crippen molar-refractivity contribution >= 4 is 21.6 Å². The molecule has 1 aromatic carbocycles. The van der Waals surface area contributed by atoms with E-state index >= 15 is 0 Å². The molecule has 0 saturated carbocycles. The zero-order valence-corrected chi connectivity index (χ0v) is 12.4. The summed E-state index contributed by atoms with van der Waals surface area (Å²) in [6.07, 6.45) is -0.548. The fraction of sp³-hybridized carbons (Fsp3) is 0.417. The lowest BCUT2D eigenvalue weighted by molar-refractivity contribution is 0.0603. The molecule has 0 radical (unpaired) electrons. The highest BCUT2D eigenvalue weighted by molar-refractivity contribution is 7.89. The second kappa shape index (κ2) is 7.57. The number of nitrogens with zero attached hydrogens (tertiary/aromatic N) is 1. The molecule has 1 rings (SSSR count). The van der Waals surface area contributed by atoms with Crippen LogP contribution in [-0.2, 0) is 14.8 Å². The molecule has 0 saturated heterocycles. The SMILES string of the molecule is COCC(O)CCNS(=O)(=O)c1cc(Cl)ccc1C#N. The molecule has 2 N–H and O–H groups in total. The van der Waals surface area contributed by atoms with Crippen LogP contribution >= 0.6 is 11.6 Å². The Morgan fingerprint density at radius 1 is 1.55 bits per heavy atom. The van der Waals surface area contributed by atoms with E-state index in [1.807, 2.05) is 0 Å². The van der Waals surface area contributed by atoms with Crippen molar-refractivity contribution < 1.29 is 18.3 Å². The van der Waals surface area contributed by atoms with Crippen LogP contribution < -0.4 is 4.72 Å². The fourth-order valence-corrected chi connectivity index (χ4v) is 2.99. The summed E-state index contributed by atoms with van der Waals surface area (Å²) in [5.74, 6) is 0. The molecule has 1 atom stereocenters. The van der Waals surface area contributed by atoms with Crippen molar-refractivity contribution in [1.29, 1.82) is 5.26 Å². The monoisotopic (exact) mass is 318 g/mol. The third-order valence-corrected chi connectivity index (χ3v) is 4.22. The van der Waals surface area contributed by atoms with E-state index in [1.54, 1.807) is 6.07 Å². The molecule has 110 valence electrons. The number of nitrogens with one attached hydrogen (secondary N) is 1. The Morgan fingerprint density at radius 2 is 2.25 bits per heavy atom. The Kier molecular flexibility index (Phi) is 6.39. The van der Waals surface area contributed by atoms with E-state index in [2.05, 4.69) is 4.72 Å². The third kappa shape index (κ3) is 4.74. The summed E-state index contributed by atoms with van der Waals surface area (Å²) in [5, 5.41) is 18.6. The van der Waals surface area contributed by atoms with Crippen LogP contribution in [0.4, 0.5) is 0 Å². The fourth-order valence-electron chi connectivity index (χ4n) is 1.52. The van der Waals surface area contributed by atoms with Crippen LogP contribution in [0.1, 0.15) is 12.0 Å². The highest BCUT2D eigenvalue weighted by atomic mass is 35.5. The summed E-state index contributed by atoms with van der Waals surface area (Å²) >= 11 is 5.75. The molecule has 1 aromatic rings. The summed E-state index contributed by atoms with van der Waals surface area (Å²) in [5.41, 5.74) is 0.0133. The van der Waals surface area contributed by atoms with Gasteiger partial charge >= 0.3 is 0 Å². The standard InChI is InChI=1S/C12H15ClN2O4S/c1-19-8-11(16)4-5-15-20(17,18)12-6-10(13)3-2-9(12)7-14/h2-3,6,11,15-16H,4-5,8H2,1H3.